The van der Waals surface area contributed by atoms with Crippen LogP contribution in [0.5, 0.6) is 0 Å². The van der Waals surface area contributed by atoms with Crippen molar-refractivity contribution in [1.82, 2.24) is 20.4 Å². The molecule has 0 aliphatic rings. The van der Waals surface area contributed by atoms with E-state index < -0.39 is 10.8 Å². The minimum absolute atomic E-state index is 0.0952. The molecule has 0 radical (unpaired) electrons. The number of hydrogen-bond donors (Lipinski definition) is 1. The summed E-state index contributed by atoms with van der Waals surface area (Å²) >= 11 is 1.12. The highest BCUT2D eigenvalue weighted by Gasteiger charge is 2.17. The summed E-state index contributed by atoms with van der Waals surface area (Å²) < 4.78 is 0. The van der Waals surface area contributed by atoms with Gasteiger partial charge in [-0.3, -0.25) is 19.9 Å². The summed E-state index contributed by atoms with van der Waals surface area (Å²) in [6, 6.07) is 9.59. The molecule has 2 aromatic heterocycles. The van der Waals surface area contributed by atoms with Crippen molar-refractivity contribution in [3.8, 4) is 0 Å². The number of aromatic nitrogens is 3. The molecule has 0 spiro atoms. The van der Waals surface area contributed by atoms with Crippen LogP contribution in [0.3, 0.4) is 0 Å². The Hall–Kier alpha value is -3.66. The zero-order valence-corrected chi connectivity index (χ0v) is 16.4. The summed E-state index contributed by atoms with van der Waals surface area (Å²) in [6.07, 6.45) is 4.34. The average molecular weight is 408 g/mol. The third-order valence-electron chi connectivity index (χ3n) is 3.66. The molecule has 1 N–H and O–H groups in total. The van der Waals surface area contributed by atoms with Gasteiger partial charge in [-0.1, -0.05) is 6.07 Å². The lowest BCUT2D eigenvalue weighted by Crippen LogP contribution is -2.17. The first-order valence-electron chi connectivity index (χ1n) is 8.44. The van der Waals surface area contributed by atoms with E-state index >= 15 is 0 Å². The van der Waals surface area contributed by atoms with Gasteiger partial charge in [0.15, 0.2) is 5.16 Å². The van der Waals surface area contributed by atoms with E-state index in [9.17, 15) is 14.9 Å². The molecule has 0 bridgehead atoms. The van der Waals surface area contributed by atoms with E-state index in [1.807, 2.05) is 19.9 Å². The normalized spacial score (nSPS) is 10.8. The van der Waals surface area contributed by atoms with Crippen molar-refractivity contribution in [1.29, 1.82) is 0 Å². The molecule has 0 saturated heterocycles. The summed E-state index contributed by atoms with van der Waals surface area (Å²) in [5, 5.41) is 15.8. The number of carbonyl (C=O) groups excluding carboxylic acids is 1. The summed E-state index contributed by atoms with van der Waals surface area (Å²) in [4.78, 5) is 35.8. The molecule has 1 aromatic carbocycles. The van der Waals surface area contributed by atoms with E-state index in [0.29, 0.717) is 21.2 Å². The Balaban J connectivity index is 1.77. The van der Waals surface area contributed by atoms with Crippen molar-refractivity contribution in [2.24, 2.45) is 5.10 Å². The van der Waals surface area contributed by atoms with E-state index in [-0.39, 0.29) is 5.69 Å². The number of rotatable bonds is 6. The molecule has 29 heavy (non-hydrogen) atoms. The first-order chi connectivity index (χ1) is 13.9. The van der Waals surface area contributed by atoms with Gasteiger partial charge >= 0.3 is 0 Å². The number of aryl methyl sites for hydroxylation is 2. The number of amides is 1. The van der Waals surface area contributed by atoms with Crippen LogP contribution in [-0.2, 0) is 0 Å². The van der Waals surface area contributed by atoms with Crippen molar-refractivity contribution in [3.05, 3.63) is 81.4 Å². The van der Waals surface area contributed by atoms with Crippen LogP contribution in [0.1, 0.15) is 27.3 Å². The van der Waals surface area contributed by atoms with E-state index in [1.165, 1.54) is 24.7 Å². The molecule has 0 saturated carbocycles. The molecular weight excluding hydrogens is 392 g/mol. The lowest BCUT2D eigenvalue weighted by atomic mass is 10.2. The van der Waals surface area contributed by atoms with Crippen LogP contribution in [0.2, 0.25) is 0 Å². The van der Waals surface area contributed by atoms with Gasteiger partial charge in [-0.2, -0.15) is 5.10 Å². The molecule has 9 nitrogen and oxygen atoms in total. The van der Waals surface area contributed by atoms with Crippen LogP contribution in [-0.4, -0.2) is 32.0 Å². The smallest absolute Gasteiger partial charge is 0.267 e. The molecule has 10 heteroatoms. The highest BCUT2D eigenvalue weighted by atomic mass is 32.2. The Bertz CT molecular complexity index is 1070. The first-order valence-corrected chi connectivity index (χ1v) is 9.26. The second-order valence-corrected chi connectivity index (χ2v) is 6.96. The Labute approximate surface area is 170 Å². The van der Waals surface area contributed by atoms with E-state index in [2.05, 4.69) is 25.5 Å². The van der Waals surface area contributed by atoms with E-state index in [0.717, 1.165) is 23.1 Å². The van der Waals surface area contributed by atoms with Gasteiger partial charge in [0.2, 0.25) is 0 Å². The monoisotopic (exact) mass is 408 g/mol. The van der Waals surface area contributed by atoms with Crippen molar-refractivity contribution in [2.75, 3.05) is 0 Å². The molecule has 3 rings (SSSR count). The van der Waals surface area contributed by atoms with E-state index in [1.54, 1.807) is 24.3 Å². The van der Waals surface area contributed by atoms with Gasteiger partial charge in [0.1, 0.15) is 0 Å². The Morgan fingerprint density at radius 3 is 2.48 bits per heavy atom. The van der Waals surface area contributed by atoms with Gasteiger partial charge in [-0.25, -0.2) is 15.4 Å². The highest BCUT2D eigenvalue weighted by Crippen LogP contribution is 2.33. The third-order valence-corrected chi connectivity index (χ3v) is 4.60. The second-order valence-electron chi connectivity index (χ2n) is 5.95. The fourth-order valence-electron chi connectivity index (χ4n) is 2.41. The number of nitrogens with zero attached hydrogens (tertiary/aromatic N) is 5. The predicted molar refractivity (Wildman–Crippen MR) is 108 cm³/mol. The first kappa shape index (κ1) is 20.1. The summed E-state index contributed by atoms with van der Waals surface area (Å²) in [5.41, 5.74) is 4.73. The zero-order valence-electron chi connectivity index (χ0n) is 15.6. The van der Waals surface area contributed by atoms with Gasteiger partial charge < -0.3 is 0 Å². The topological polar surface area (TPSA) is 123 Å². The minimum atomic E-state index is -0.474. The van der Waals surface area contributed by atoms with Crippen LogP contribution >= 0.6 is 11.8 Å². The van der Waals surface area contributed by atoms with Crippen LogP contribution in [0.15, 0.2) is 63.9 Å². The maximum Gasteiger partial charge on any atom is 0.283 e. The third kappa shape index (κ3) is 5.42. The zero-order chi connectivity index (χ0) is 20.8. The number of benzene rings is 1. The molecule has 0 aliphatic heterocycles. The lowest BCUT2D eigenvalue weighted by Gasteiger charge is -2.05. The number of carbonyl (C=O) groups is 1. The molecule has 0 fully saturated rings. The van der Waals surface area contributed by atoms with Gasteiger partial charge in [-0.05, 0) is 49.9 Å². The van der Waals surface area contributed by atoms with Crippen molar-refractivity contribution in [2.45, 2.75) is 23.9 Å². The van der Waals surface area contributed by atoms with Crippen molar-refractivity contribution in [3.63, 3.8) is 0 Å². The van der Waals surface area contributed by atoms with Crippen LogP contribution < -0.4 is 5.43 Å². The summed E-state index contributed by atoms with van der Waals surface area (Å²) in [5.74, 6) is -0.405. The Morgan fingerprint density at radius 2 is 1.83 bits per heavy atom. The van der Waals surface area contributed by atoms with E-state index in [4.69, 9.17) is 0 Å². The SMILES string of the molecule is Cc1cc(C)nc(Sc2ccc(/C=N/NC(=O)c3ccncc3)cc2[N+](=O)[O-])n1. The van der Waals surface area contributed by atoms with Crippen LogP contribution in [0.4, 0.5) is 5.69 Å². The maximum atomic E-state index is 11.9. The molecule has 1 amide bonds. The molecule has 2 heterocycles. The molecular formula is C19H16N6O3S. The van der Waals surface area contributed by atoms with Crippen LogP contribution in [0.25, 0.3) is 0 Å². The number of nitrogens with one attached hydrogen (secondary N) is 1. The van der Waals surface area contributed by atoms with Crippen LogP contribution in [0, 0.1) is 24.0 Å². The number of nitro benzene ring substituents is 1. The standard InChI is InChI=1S/C19H16N6O3S/c1-12-9-13(2)23-19(22-12)29-17-4-3-14(10-16(17)25(27)28)11-21-24-18(26)15-5-7-20-8-6-15/h3-11H,1-2H3,(H,24,26)/b21-11+. The number of nitro groups is 1. The Kier molecular flexibility index (Phi) is 6.25. The molecule has 3 aromatic rings. The maximum absolute atomic E-state index is 11.9. The van der Waals surface area contributed by atoms with Gasteiger partial charge in [0, 0.05) is 41.0 Å². The molecule has 0 unspecified atom stereocenters. The lowest BCUT2D eigenvalue weighted by molar-refractivity contribution is -0.387. The van der Waals surface area contributed by atoms with Crippen molar-refractivity contribution >= 4 is 29.6 Å². The van der Waals surface area contributed by atoms with Gasteiger partial charge in [0.25, 0.3) is 11.6 Å². The fraction of sp³-hybridized carbons (Fsp3) is 0.105. The summed E-state index contributed by atoms with van der Waals surface area (Å²) in [6.45, 7) is 3.68. The molecule has 0 atom stereocenters. The Morgan fingerprint density at radius 1 is 1.14 bits per heavy atom. The van der Waals surface area contributed by atoms with Gasteiger partial charge in [-0.15, -0.1) is 0 Å². The quantitative estimate of drug-likeness (QED) is 0.287. The number of pyridine rings is 1. The highest BCUT2D eigenvalue weighted by molar-refractivity contribution is 7.99. The average Bonchev–Trinajstić information content (AvgIpc) is 2.68. The predicted octanol–water partition coefficient (Wildman–Crippen LogP) is 3.31. The van der Waals surface area contributed by atoms with Gasteiger partial charge in [0.05, 0.1) is 16.0 Å². The largest absolute Gasteiger partial charge is 0.283 e. The van der Waals surface area contributed by atoms with Crippen molar-refractivity contribution < 1.29 is 9.72 Å². The minimum Gasteiger partial charge on any atom is -0.267 e. The summed E-state index contributed by atoms with van der Waals surface area (Å²) in [7, 11) is 0. The number of hydrogen-bond acceptors (Lipinski definition) is 8. The molecule has 146 valence electrons. The molecule has 0 aliphatic carbocycles. The fourth-order valence-corrected chi connectivity index (χ4v) is 3.36. The second kappa shape index (κ2) is 9.02. The number of hydrazone groups is 1.